The number of aromatic hydroxyl groups is 1. The molecule has 2 fully saturated rings. The van der Waals surface area contributed by atoms with Gasteiger partial charge in [-0.2, -0.15) is 4.98 Å². The number of hydrogen-bond acceptors (Lipinski definition) is 13. The molecule has 210 valence electrons. The van der Waals surface area contributed by atoms with E-state index in [1.54, 1.807) is 13.8 Å². The minimum atomic E-state index is -3.01. The van der Waals surface area contributed by atoms with Crippen LogP contribution in [0.3, 0.4) is 0 Å². The number of carbonyl (C=O) groups excluding carboxylic acids is 6. The van der Waals surface area contributed by atoms with Gasteiger partial charge in [-0.15, -0.1) is 0 Å². The van der Waals surface area contributed by atoms with Crippen LogP contribution < -0.4 is 11.1 Å². The van der Waals surface area contributed by atoms with Gasteiger partial charge in [0.15, 0.2) is 40.3 Å². The highest BCUT2D eigenvalue weighted by atomic mass is 16.5. The lowest BCUT2D eigenvalue weighted by atomic mass is 9.50. The first kappa shape index (κ1) is 27.1. The van der Waals surface area contributed by atoms with Crippen molar-refractivity contribution in [3.05, 3.63) is 35.2 Å². The molecule has 1 amide bonds. The molecule has 1 heterocycles. The smallest absolute Gasteiger partial charge is 0.360 e. The third-order valence-corrected chi connectivity index (χ3v) is 8.09. The second kappa shape index (κ2) is 9.34. The Morgan fingerprint density at radius 3 is 2.58 bits per heavy atom. The van der Waals surface area contributed by atoms with Crippen LogP contribution >= 0.6 is 0 Å². The number of carbonyl (C=O) groups is 6. The molecule has 40 heavy (non-hydrogen) atoms. The van der Waals surface area contributed by atoms with E-state index >= 15 is 0 Å². The Morgan fingerprint density at radius 2 is 1.93 bits per heavy atom. The number of aromatic nitrogens is 1. The van der Waals surface area contributed by atoms with E-state index in [1.165, 1.54) is 12.1 Å². The number of ether oxygens (including phenoxy) is 1. The van der Waals surface area contributed by atoms with Crippen LogP contribution in [0.25, 0.3) is 0 Å². The Labute approximate surface area is 225 Å². The van der Waals surface area contributed by atoms with Crippen molar-refractivity contribution in [2.75, 3.05) is 11.9 Å². The van der Waals surface area contributed by atoms with Gasteiger partial charge >= 0.3 is 5.97 Å². The van der Waals surface area contributed by atoms with Crippen LogP contribution in [0.2, 0.25) is 0 Å². The summed E-state index contributed by atoms with van der Waals surface area (Å²) in [5.74, 6) is -14.7. The first-order valence-electron chi connectivity index (χ1n) is 12.4. The topological polar surface area (TPSA) is 236 Å². The fourth-order valence-electron chi connectivity index (χ4n) is 6.20. The maximum Gasteiger partial charge on any atom is 0.360 e. The number of rotatable bonds is 5. The molecule has 0 aliphatic heterocycles. The molecule has 0 radical (unpaired) electrons. The maximum atomic E-state index is 13.7. The first-order valence-corrected chi connectivity index (χ1v) is 12.4. The number of amides is 1. The summed E-state index contributed by atoms with van der Waals surface area (Å²) in [6.07, 6.45) is -1.30. The molecule has 0 spiro atoms. The molecule has 1 aromatic carbocycles. The molecule has 7 atom stereocenters. The zero-order valence-corrected chi connectivity index (χ0v) is 21.2. The molecule has 14 heteroatoms. The minimum absolute atomic E-state index is 0.0801. The highest BCUT2D eigenvalue weighted by Crippen LogP contribution is 2.54. The number of primary amides is 1. The molecule has 2 aromatic rings. The van der Waals surface area contributed by atoms with Crippen molar-refractivity contribution in [3.8, 4) is 5.75 Å². The Hall–Kier alpha value is -4.43. The van der Waals surface area contributed by atoms with Gasteiger partial charge in [-0.05, 0) is 24.5 Å². The van der Waals surface area contributed by atoms with Crippen molar-refractivity contribution in [1.29, 1.82) is 0 Å². The first-order chi connectivity index (χ1) is 18.8. The van der Waals surface area contributed by atoms with Gasteiger partial charge in [-0.3, -0.25) is 24.0 Å². The van der Waals surface area contributed by atoms with E-state index in [9.17, 15) is 44.1 Å². The Kier molecular flexibility index (Phi) is 6.34. The van der Waals surface area contributed by atoms with E-state index in [2.05, 4.69) is 10.3 Å². The molecule has 6 N–H and O–H groups in total. The molecule has 1 aromatic heterocycles. The van der Waals surface area contributed by atoms with Crippen LogP contribution in [-0.4, -0.2) is 73.6 Å². The van der Waals surface area contributed by atoms with Crippen molar-refractivity contribution in [2.24, 2.45) is 29.4 Å². The predicted molar refractivity (Wildman–Crippen MR) is 130 cm³/mol. The van der Waals surface area contributed by atoms with Gasteiger partial charge in [0.1, 0.15) is 12.0 Å². The van der Waals surface area contributed by atoms with E-state index in [1.807, 2.05) is 0 Å². The standard InChI is InChI=1S/C26H25N3O11/c1-3-39-24(37)12-7-40-25(29-12)28-11-5-4-9-8(2)14-17(20(33)15(9)19(11)32)22(35)26(38)10(18(14)31)6-13(30)16(21(26)34)23(27)36/h4-5,7-8,10,14,16-18,31-32,38H,3,6H2,1-2H3,(H2,27,36)(H,28,29)/t8-,10+,14+,16?,17?,18+,26+/m0/s1. The summed E-state index contributed by atoms with van der Waals surface area (Å²) in [7, 11) is 0. The van der Waals surface area contributed by atoms with Gasteiger partial charge in [0.25, 0.3) is 6.01 Å². The fraction of sp³-hybridized carbons (Fsp3) is 0.423. The quantitative estimate of drug-likeness (QED) is 0.182. The molecule has 5 rings (SSSR count). The molecular formula is C26H25N3O11. The number of benzene rings is 1. The summed E-state index contributed by atoms with van der Waals surface area (Å²) in [4.78, 5) is 80.6. The normalized spacial score (nSPS) is 31.2. The number of ketones is 4. The van der Waals surface area contributed by atoms with Gasteiger partial charge < -0.3 is 35.5 Å². The maximum absolute atomic E-state index is 13.7. The van der Waals surface area contributed by atoms with E-state index < -0.39 is 88.5 Å². The van der Waals surface area contributed by atoms with Crippen molar-refractivity contribution in [2.45, 2.75) is 37.9 Å². The molecule has 14 nitrogen and oxygen atoms in total. The Morgan fingerprint density at radius 1 is 1.23 bits per heavy atom. The number of fused-ring (bicyclic) bond motifs is 3. The van der Waals surface area contributed by atoms with Crippen LogP contribution in [0.15, 0.2) is 22.8 Å². The molecular weight excluding hydrogens is 530 g/mol. The number of nitrogens with two attached hydrogens (primary N) is 1. The van der Waals surface area contributed by atoms with Crippen molar-refractivity contribution < 1.29 is 53.2 Å². The van der Waals surface area contributed by atoms with Crippen LogP contribution in [0.5, 0.6) is 5.75 Å². The lowest BCUT2D eigenvalue weighted by molar-refractivity contribution is -0.189. The average Bonchev–Trinajstić information content (AvgIpc) is 3.36. The number of phenols is 1. The number of anilines is 2. The summed E-state index contributed by atoms with van der Waals surface area (Å²) in [6, 6.07) is 2.65. The zero-order valence-electron chi connectivity index (χ0n) is 21.2. The number of nitrogens with zero attached hydrogens (tertiary/aromatic N) is 1. The van der Waals surface area contributed by atoms with E-state index in [0.29, 0.717) is 0 Å². The van der Waals surface area contributed by atoms with Gasteiger partial charge in [0.2, 0.25) is 5.91 Å². The second-order valence-electron chi connectivity index (χ2n) is 10.1. The van der Waals surface area contributed by atoms with Crippen molar-refractivity contribution in [3.63, 3.8) is 0 Å². The van der Waals surface area contributed by atoms with Crippen LogP contribution in [0, 0.1) is 23.7 Å². The summed E-state index contributed by atoms with van der Waals surface area (Å²) in [6.45, 7) is 3.31. The second-order valence-corrected chi connectivity index (χ2v) is 10.1. The molecule has 2 saturated carbocycles. The van der Waals surface area contributed by atoms with Crippen molar-refractivity contribution in [1.82, 2.24) is 4.98 Å². The minimum Gasteiger partial charge on any atom is -0.505 e. The number of Topliss-reactive ketones (excluding diaryl/α,β-unsaturated/α-hetero) is 4. The van der Waals surface area contributed by atoms with E-state index in [-0.39, 0.29) is 35.1 Å². The third kappa shape index (κ3) is 3.67. The summed E-state index contributed by atoms with van der Waals surface area (Å²) < 4.78 is 10.0. The van der Waals surface area contributed by atoms with Gasteiger partial charge in [-0.25, -0.2) is 4.79 Å². The largest absolute Gasteiger partial charge is 0.505 e. The lowest BCUT2D eigenvalue weighted by Crippen LogP contribution is -2.72. The molecule has 0 saturated heterocycles. The van der Waals surface area contributed by atoms with Gasteiger partial charge in [-0.1, -0.05) is 13.0 Å². The number of hydrogen-bond donors (Lipinski definition) is 5. The number of nitrogens with one attached hydrogen (secondary N) is 1. The monoisotopic (exact) mass is 555 g/mol. The number of esters is 1. The number of aliphatic hydroxyl groups is 2. The summed E-state index contributed by atoms with van der Waals surface area (Å²) >= 11 is 0. The molecule has 0 bridgehead atoms. The average molecular weight is 555 g/mol. The fourth-order valence-corrected chi connectivity index (χ4v) is 6.20. The molecule has 2 unspecified atom stereocenters. The van der Waals surface area contributed by atoms with Gasteiger partial charge in [0, 0.05) is 18.3 Å². The van der Waals surface area contributed by atoms with Crippen LogP contribution in [0.1, 0.15) is 52.6 Å². The summed E-state index contributed by atoms with van der Waals surface area (Å²) in [5, 5.41) is 36.3. The third-order valence-electron chi connectivity index (χ3n) is 8.09. The van der Waals surface area contributed by atoms with Crippen LogP contribution in [0.4, 0.5) is 11.7 Å². The number of aliphatic hydroxyl groups excluding tert-OH is 1. The Balaban J connectivity index is 1.54. The number of phenolic OH excluding ortho intramolecular Hbond substituents is 1. The molecule has 3 aliphatic carbocycles. The van der Waals surface area contributed by atoms with Gasteiger partial charge in [0.05, 0.1) is 29.9 Å². The van der Waals surface area contributed by atoms with E-state index in [4.69, 9.17) is 14.9 Å². The van der Waals surface area contributed by atoms with E-state index in [0.717, 1.165) is 6.26 Å². The predicted octanol–water partition coefficient (Wildman–Crippen LogP) is -0.233. The summed E-state index contributed by atoms with van der Waals surface area (Å²) in [5.41, 5.74) is 1.91. The van der Waals surface area contributed by atoms with Crippen molar-refractivity contribution >= 4 is 46.7 Å². The SMILES string of the molecule is CCOC(=O)c1coc(Nc2ccc3c(c2O)C(=O)C2C(=O)[C@]4(O)C(=O)C(C(N)=O)C(=O)C[C@@H]4[C@@H](O)[C@@H]2[C@H]3C)n1. The highest BCUT2D eigenvalue weighted by molar-refractivity contribution is 6.31. The molecule has 3 aliphatic rings. The Bertz CT molecular complexity index is 1500. The lowest BCUT2D eigenvalue weighted by Gasteiger charge is -2.52. The highest BCUT2D eigenvalue weighted by Gasteiger charge is 2.69. The zero-order chi connectivity index (χ0) is 29.3. The van der Waals surface area contributed by atoms with Crippen LogP contribution in [-0.2, 0) is 23.9 Å². The number of oxazole rings is 1.